The first-order chi connectivity index (χ1) is 8.75. The van der Waals surface area contributed by atoms with Gasteiger partial charge >= 0.3 is 5.97 Å². The molecule has 0 fully saturated rings. The average molecular weight is 240 g/mol. The lowest BCUT2D eigenvalue weighted by molar-refractivity contribution is 0.0690. The van der Waals surface area contributed by atoms with Crippen molar-refractivity contribution in [3.05, 3.63) is 48.7 Å². The van der Waals surface area contributed by atoms with Gasteiger partial charge in [-0.15, -0.1) is 0 Å². The Morgan fingerprint density at radius 2 is 2.11 bits per heavy atom. The smallest absolute Gasteiger partial charge is 0.354 e. The van der Waals surface area contributed by atoms with Gasteiger partial charge in [0.2, 0.25) is 5.78 Å². The Morgan fingerprint density at radius 1 is 1.22 bits per heavy atom. The molecule has 0 unspecified atom stereocenters. The number of carboxylic acids is 1. The topological polar surface area (TPSA) is 80.4 Å². The SMILES string of the molecule is O=C(O)c1cc(-c2cnc3ncccn23)ccn1. The summed E-state index contributed by atoms with van der Waals surface area (Å²) in [4.78, 5) is 22.9. The Labute approximate surface area is 102 Å². The molecule has 0 bridgehead atoms. The van der Waals surface area contributed by atoms with Crippen molar-refractivity contribution >= 4 is 11.7 Å². The van der Waals surface area contributed by atoms with Crippen LogP contribution in [0, 0.1) is 0 Å². The van der Waals surface area contributed by atoms with Crippen LogP contribution in [-0.4, -0.2) is 30.4 Å². The van der Waals surface area contributed by atoms with Gasteiger partial charge in [0, 0.05) is 24.2 Å². The zero-order valence-electron chi connectivity index (χ0n) is 9.19. The van der Waals surface area contributed by atoms with Crippen LogP contribution in [0.25, 0.3) is 17.0 Å². The van der Waals surface area contributed by atoms with E-state index in [0.717, 1.165) is 11.3 Å². The van der Waals surface area contributed by atoms with Crippen LogP contribution in [0.2, 0.25) is 0 Å². The molecule has 0 amide bonds. The molecule has 0 aliphatic heterocycles. The van der Waals surface area contributed by atoms with E-state index < -0.39 is 5.97 Å². The van der Waals surface area contributed by atoms with E-state index in [2.05, 4.69) is 15.0 Å². The number of carboxylic acid groups (broad SMARTS) is 1. The molecule has 88 valence electrons. The van der Waals surface area contributed by atoms with Crippen LogP contribution in [-0.2, 0) is 0 Å². The summed E-state index contributed by atoms with van der Waals surface area (Å²) < 4.78 is 1.79. The van der Waals surface area contributed by atoms with E-state index in [0.29, 0.717) is 5.78 Å². The summed E-state index contributed by atoms with van der Waals surface area (Å²) >= 11 is 0. The third kappa shape index (κ3) is 1.60. The Balaban J connectivity index is 2.20. The van der Waals surface area contributed by atoms with Crippen LogP contribution in [0.3, 0.4) is 0 Å². The lowest BCUT2D eigenvalue weighted by Crippen LogP contribution is -2.00. The predicted molar refractivity (Wildman–Crippen MR) is 63.2 cm³/mol. The van der Waals surface area contributed by atoms with E-state index in [1.54, 1.807) is 28.9 Å². The first kappa shape index (κ1) is 10.4. The van der Waals surface area contributed by atoms with Gasteiger partial charge in [-0.1, -0.05) is 0 Å². The minimum Gasteiger partial charge on any atom is -0.477 e. The van der Waals surface area contributed by atoms with Crippen LogP contribution >= 0.6 is 0 Å². The molecule has 3 aromatic heterocycles. The number of pyridine rings is 1. The van der Waals surface area contributed by atoms with E-state index in [-0.39, 0.29) is 5.69 Å². The fourth-order valence-corrected chi connectivity index (χ4v) is 1.75. The molecule has 0 saturated heterocycles. The van der Waals surface area contributed by atoms with Gasteiger partial charge in [-0.2, -0.15) is 0 Å². The molecule has 0 spiro atoms. The maximum atomic E-state index is 10.9. The largest absolute Gasteiger partial charge is 0.477 e. The van der Waals surface area contributed by atoms with E-state index >= 15 is 0 Å². The minimum atomic E-state index is -1.05. The van der Waals surface area contributed by atoms with Crippen molar-refractivity contribution in [2.75, 3.05) is 0 Å². The number of carbonyl (C=O) groups is 1. The molecule has 0 saturated carbocycles. The highest BCUT2D eigenvalue weighted by Crippen LogP contribution is 2.20. The predicted octanol–water partition coefficient (Wildman–Crippen LogP) is 1.49. The monoisotopic (exact) mass is 240 g/mol. The zero-order valence-corrected chi connectivity index (χ0v) is 9.19. The van der Waals surface area contributed by atoms with Crippen molar-refractivity contribution in [3.63, 3.8) is 0 Å². The molecular weight excluding hydrogens is 232 g/mol. The van der Waals surface area contributed by atoms with Gasteiger partial charge in [-0.3, -0.25) is 4.40 Å². The van der Waals surface area contributed by atoms with Gasteiger partial charge in [0.25, 0.3) is 0 Å². The molecule has 1 N–H and O–H groups in total. The maximum Gasteiger partial charge on any atom is 0.354 e. The molecule has 0 aromatic carbocycles. The highest BCUT2D eigenvalue weighted by atomic mass is 16.4. The van der Waals surface area contributed by atoms with Crippen molar-refractivity contribution in [2.24, 2.45) is 0 Å². The molecule has 6 nitrogen and oxygen atoms in total. The molecule has 0 atom stereocenters. The number of aromatic nitrogens is 4. The first-order valence-corrected chi connectivity index (χ1v) is 5.23. The Morgan fingerprint density at radius 3 is 2.94 bits per heavy atom. The summed E-state index contributed by atoms with van der Waals surface area (Å²) in [5.41, 5.74) is 1.53. The van der Waals surface area contributed by atoms with Gasteiger partial charge in [-0.05, 0) is 18.2 Å². The maximum absolute atomic E-state index is 10.9. The van der Waals surface area contributed by atoms with Gasteiger partial charge in [0.05, 0.1) is 11.9 Å². The fraction of sp³-hybridized carbons (Fsp3) is 0. The summed E-state index contributed by atoms with van der Waals surface area (Å²) in [5.74, 6) is -0.481. The summed E-state index contributed by atoms with van der Waals surface area (Å²) in [6.45, 7) is 0. The molecular formula is C12H8N4O2. The Bertz CT molecular complexity index is 736. The number of rotatable bonds is 2. The van der Waals surface area contributed by atoms with Crippen LogP contribution in [0.5, 0.6) is 0 Å². The summed E-state index contributed by atoms with van der Waals surface area (Å²) in [7, 11) is 0. The second-order valence-corrected chi connectivity index (χ2v) is 3.67. The third-order valence-electron chi connectivity index (χ3n) is 2.56. The molecule has 3 heterocycles. The molecule has 0 aliphatic rings. The molecule has 0 aliphatic carbocycles. The highest BCUT2D eigenvalue weighted by Gasteiger charge is 2.10. The van der Waals surface area contributed by atoms with Crippen molar-refractivity contribution in [2.45, 2.75) is 0 Å². The van der Waals surface area contributed by atoms with E-state index in [1.807, 2.05) is 6.20 Å². The number of hydrogen-bond acceptors (Lipinski definition) is 4. The van der Waals surface area contributed by atoms with Crippen LogP contribution in [0.15, 0.2) is 43.0 Å². The Hall–Kier alpha value is -2.76. The van der Waals surface area contributed by atoms with E-state index in [9.17, 15) is 4.79 Å². The molecule has 0 radical (unpaired) electrons. The Kier molecular flexibility index (Phi) is 2.26. The summed E-state index contributed by atoms with van der Waals surface area (Å²) in [6, 6.07) is 5.04. The third-order valence-corrected chi connectivity index (χ3v) is 2.56. The molecule has 6 heteroatoms. The zero-order chi connectivity index (χ0) is 12.5. The van der Waals surface area contributed by atoms with Crippen LogP contribution in [0.4, 0.5) is 0 Å². The van der Waals surface area contributed by atoms with Gasteiger partial charge in [0.15, 0.2) is 0 Å². The van der Waals surface area contributed by atoms with E-state index in [4.69, 9.17) is 5.11 Å². The van der Waals surface area contributed by atoms with Gasteiger partial charge < -0.3 is 5.11 Å². The molecule has 3 rings (SSSR count). The average Bonchev–Trinajstić information content (AvgIpc) is 2.82. The van der Waals surface area contributed by atoms with Crippen molar-refractivity contribution in [1.82, 2.24) is 19.4 Å². The lowest BCUT2D eigenvalue weighted by Gasteiger charge is -2.01. The van der Waals surface area contributed by atoms with Gasteiger partial charge in [0.1, 0.15) is 5.69 Å². The van der Waals surface area contributed by atoms with Gasteiger partial charge in [-0.25, -0.2) is 19.7 Å². The quantitative estimate of drug-likeness (QED) is 0.734. The second kappa shape index (κ2) is 3.92. The summed E-state index contributed by atoms with van der Waals surface area (Å²) in [5, 5.41) is 8.92. The van der Waals surface area contributed by atoms with Crippen LogP contribution < -0.4 is 0 Å². The van der Waals surface area contributed by atoms with Crippen molar-refractivity contribution in [1.29, 1.82) is 0 Å². The number of imidazole rings is 1. The second-order valence-electron chi connectivity index (χ2n) is 3.67. The molecule has 3 aromatic rings. The lowest BCUT2D eigenvalue weighted by atomic mass is 10.2. The highest BCUT2D eigenvalue weighted by molar-refractivity contribution is 5.86. The standard InChI is InChI=1S/C12H8N4O2/c17-11(18)9-6-8(2-4-13-9)10-7-15-12-14-3-1-5-16(10)12/h1-7H,(H,17,18). The fourth-order valence-electron chi connectivity index (χ4n) is 1.75. The van der Waals surface area contributed by atoms with Crippen molar-refractivity contribution < 1.29 is 9.90 Å². The number of aromatic carboxylic acids is 1. The molecule has 18 heavy (non-hydrogen) atoms. The van der Waals surface area contributed by atoms with Crippen molar-refractivity contribution in [3.8, 4) is 11.3 Å². The first-order valence-electron chi connectivity index (χ1n) is 5.23. The summed E-state index contributed by atoms with van der Waals surface area (Å²) in [6.07, 6.45) is 6.60. The number of hydrogen-bond donors (Lipinski definition) is 1. The minimum absolute atomic E-state index is 0.00587. The number of nitrogens with zero attached hydrogens (tertiary/aromatic N) is 4. The van der Waals surface area contributed by atoms with Crippen LogP contribution in [0.1, 0.15) is 10.5 Å². The van der Waals surface area contributed by atoms with E-state index in [1.165, 1.54) is 12.3 Å². The normalized spacial score (nSPS) is 10.7. The number of fused-ring (bicyclic) bond motifs is 1.